The molecule has 1 aliphatic rings. The van der Waals surface area contributed by atoms with Crippen molar-refractivity contribution in [3.8, 4) is 0 Å². The number of carbonyl (C=O) groups is 1. The van der Waals surface area contributed by atoms with Gasteiger partial charge in [-0.1, -0.05) is 30.3 Å². The maximum absolute atomic E-state index is 12.8. The summed E-state index contributed by atoms with van der Waals surface area (Å²) in [5, 5.41) is 0.643. The van der Waals surface area contributed by atoms with Gasteiger partial charge in [0.1, 0.15) is 5.01 Å². The molecule has 0 fully saturated rings. The fourth-order valence-corrected chi connectivity index (χ4v) is 7.14. The van der Waals surface area contributed by atoms with Crippen LogP contribution in [-0.4, -0.2) is 58.8 Å². The number of hydrogen-bond donors (Lipinski definition) is 2. The first-order valence-electron chi connectivity index (χ1n) is 13.4. The molecular weight excluding hydrogens is 623 g/mol. The van der Waals surface area contributed by atoms with E-state index in [0.717, 1.165) is 32.7 Å². The maximum Gasteiger partial charge on any atom is 0.337 e. The van der Waals surface area contributed by atoms with Gasteiger partial charge < -0.3 is 9.64 Å². The monoisotopic (exact) mass is 651 g/mol. The number of aromatic nitrogens is 1. The van der Waals surface area contributed by atoms with Crippen LogP contribution in [0.1, 0.15) is 32.9 Å². The van der Waals surface area contributed by atoms with Crippen LogP contribution in [-0.2, 0) is 24.9 Å². The molecule has 0 unspecified atom stereocenters. The standard InChI is InChI=1S/C31H29N3O7S3/c1-34-16-14-23(26-6-3-4-7-28(26)34)18-24(21-8-10-22(11-9-21)31(35)41-2)19-30-33-27-20-25(12-13-29(27)42-30)44(39,40)32-15-5-17-43(36,37)38/h3-4,6-14,16,18-20,32H,5,15,17H2,1-2H3,(H,36,37,38)/b23-18+,24-19-. The van der Waals surface area contributed by atoms with Crippen LogP contribution in [0, 0.1) is 0 Å². The molecule has 1 aromatic heterocycles. The zero-order valence-corrected chi connectivity index (χ0v) is 26.2. The number of para-hydroxylation sites is 1. The van der Waals surface area contributed by atoms with Crippen molar-refractivity contribution in [1.82, 2.24) is 9.71 Å². The third kappa shape index (κ3) is 7.31. The summed E-state index contributed by atoms with van der Waals surface area (Å²) in [6.45, 7) is -0.147. The van der Waals surface area contributed by atoms with Crippen molar-refractivity contribution in [2.75, 3.05) is 31.4 Å². The third-order valence-electron chi connectivity index (χ3n) is 6.86. The van der Waals surface area contributed by atoms with Crippen molar-refractivity contribution in [2.45, 2.75) is 11.3 Å². The molecule has 0 saturated heterocycles. The molecule has 0 amide bonds. The molecule has 10 nitrogen and oxygen atoms in total. The van der Waals surface area contributed by atoms with E-state index in [-0.39, 0.29) is 17.9 Å². The highest BCUT2D eigenvalue weighted by Crippen LogP contribution is 2.35. The van der Waals surface area contributed by atoms with Crippen molar-refractivity contribution in [3.05, 3.63) is 107 Å². The predicted octanol–water partition coefficient (Wildman–Crippen LogP) is 5.23. The molecule has 0 spiro atoms. The number of methoxy groups -OCH3 is 1. The maximum atomic E-state index is 12.8. The number of anilines is 1. The first kappa shape index (κ1) is 31.3. The number of nitrogens with zero attached hydrogens (tertiary/aromatic N) is 2. The molecule has 0 radical (unpaired) electrons. The summed E-state index contributed by atoms with van der Waals surface area (Å²) in [4.78, 5) is 18.8. The van der Waals surface area contributed by atoms with Gasteiger partial charge in [0.15, 0.2) is 0 Å². The zero-order valence-electron chi connectivity index (χ0n) is 23.8. The summed E-state index contributed by atoms with van der Waals surface area (Å²) in [5.74, 6) is -0.976. The summed E-state index contributed by atoms with van der Waals surface area (Å²) in [7, 11) is -4.79. The normalized spacial score (nSPS) is 14.7. The predicted molar refractivity (Wildman–Crippen MR) is 173 cm³/mol. The summed E-state index contributed by atoms with van der Waals surface area (Å²) < 4.78 is 64.3. The van der Waals surface area contributed by atoms with Crippen LogP contribution in [0.4, 0.5) is 5.69 Å². The van der Waals surface area contributed by atoms with Gasteiger partial charge in [-0.05, 0) is 77.8 Å². The van der Waals surface area contributed by atoms with E-state index in [1.165, 1.54) is 30.6 Å². The number of ether oxygens (including phenoxy) is 1. The first-order valence-corrected chi connectivity index (χ1v) is 17.3. The molecule has 5 rings (SSSR count). The van der Waals surface area contributed by atoms with Crippen molar-refractivity contribution in [2.24, 2.45) is 0 Å². The van der Waals surface area contributed by atoms with E-state index in [1.54, 1.807) is 18.2 Å². The Morgan fingerprint density at radius 2 is 1.77 bits per heavy atom. The van der Waals surface area contributed by atoms with Gasteiger partial charge in [-0.15, -0.1) is 11.3 Å². The largest absolute Gasteiger partial charge is 0.465 e. The lowest BCUT2D eigenvalue weighted by Gasteiger charge is -2.24. The van der Waals surface area contributed by atoms with E-state index >= 15 is 0 Å². The van der Waals surface area contributed by atoms with Crippen LogP contribution in [0.5, 0.6) is 0 Å². The van der Waals surface area contributed by atoms with E-state index in [2.05, 4.69) is 10.8 Å². The van der Waals surface area contributed by atoms with Crippen LogP contribution in [0.2, 0.25) is 0 Å². The molecule has 0 aliphatic carbocycles. The summed E-state index contributed by atoms with van der Waals surface area (Å²) in [6.07, 6.45) is 7.91. The Hall–Kier alpha value is -4.14. The van der Waals surface area contributed by atoms with E-state index in [9.17, 15) is 21.6 Å². The molecule has 0 bridgehead atoms. The average Bonchev–Trinajstić information content (AvgIpc) is 3.41. The topological polar surface area (TPSA) is 143 Å². The van der Waals surface area contributed by atoms with Gasteiger partial charge in [-0.25, -0.2) is 22.9 Å². The van der Waals surface area contributed by atoms with Crippen LogP contribution in [0.15, 0.2) is 90.0 Å². The molecule has 1 aliphatic heterocycles. The van der Waals surface area contributed by atoms with Crippen molar-refractivity contribution >= 4 is 70.6 Å². The molecule has 3 aromatic carbocycles. The average molecular weight is 652 g/mol. The fraction of sp³-hybridized carbons (Fsp3) is 0.161. The van der Waals surface area contributed by atoms with E-state index in [0.29, 0.717) is 16.1 Å². The molecule has 228 valence electrons. The van der Waals surface area contributed by atoms with Gasteiger partial charge in [0.05, 0.1) is 33.5 Å². The number of benzene rings is 3. The number of rotatable bonds is 10. The minimum absolute atomic E-state index is 0.00787. The van der Waals surface area contributed by atoms with Gasteiger partial charge in [-0.2, -0.15) is 8.42 Å². The number of fused-ring (bicyclic) bond motifs is 2. The van der Waals surface area contributed by atoms with Crippen molar-refractivity contribution in [1.29, 1.82) is 0 Å². The second kappa shape index (κ2) is 12.8. The zero-order chi connectivity index (χ0) is 31.5. The van der Waals surface area contributed by atoms with Crippen molar-refractivity contribution < 1.29 is 30.9 Å². The number of esters is 1. The summed E-state index contributed by atoms with van der Waals surface area (Å²) >= 11 is 1.40. The Bertz CT molecular complexity index is 2030. The molecule has 4 aromatic rings. The third-order valence-corrected chi connectivity index (χ3v) is 10.1. The number of hydrogen-bond acceptors (Lipinski definition) is 9. The quantitative estimate of drug-likeness (QED) is 0.134. The van der Waals surface area contributed by atoms with E-state index in [4.69, 9.17) is 14.3 Å². The molecule has 0 atom stereocenters. The molecule has 2 N–H and O–H groups in total. The number of nitrogens with one attached hydrogen (secondary N) is 1. The van der Waals surface area contributed by atoms with E-state index < -0.39 is 31.9 Å². The first-order chi connectivity index (χ1) is 20.9. The fourth-order valence-electron chi connectivity index (χ4n) is 4.64. The minimum atomic E-state index is -4.18. The van der Waals surface area contributed by atoms with Gasteiger partial charge in [-0.3, -0.25) is 4.55 Å². The molecule has 13 heteroatoms. The van der Waals surface area contributed by atoms with Crippen LogP contribution in [0.3, 0.4) is 0 Å². The summed E-state index contributed by atoms with van der Waals surface area (Å²) in [6, 6.07) is 19.7. The van der Waals surface area contributed by atoms with Gasteiger partial charge in [0.2, 0.25) is 10.0 Å². The van der Waals surface area contributed by atoms with Crippen LogP contribution >= 0.6 is 11.3 Å². The highest BCUT2D eigenvalue weighted by molar-refractivity contribution is 7.89. The smallest absolute Gasteiger partial charge is 0.337 e. The van der Waals surface area contributed by atoms with E-state index in [1.807, 2.05) is 66.7 Å². The number of carbonyl (C=O) groups excluding carboxylic acids is 1. The molecule has 44 heavy (non-hydrogen) atoms. The minimum Gasteiger partial charge on any atom is -0.465 e. The Balaban J connectivity index is 1.51. The van der Waals surface area contributed by atoms with Crippen molar-refractivity contribution in [3.63, 3.8) is 0 Å². The van der Waals surface area contributed by atoms with Crippen LogP contribution < -0.4 is 9.62 Å². The Labute approximate surface area is 259 Å². The number of sulfonamides is 1. The Morgan fingerprint density at radius 3 is 2.50 bits per heavy atom. The molecule has 0 saturated carbocycles. The van der Waals surface area contributed by atoms with Crippen LogP contribution in [0.25, 0.3) is 27.4 Å². The molecular formula is C31H29N3O7S3. The SMILES string of the molecule is COC(=O)c1ccc(C(=C\c2nc3cc(S(=O)(=O)NCCCS(=O)(=O)O)ccc3s2)/C=C2\C=CN(C)c3ccccc32)cc1. The summed E-state index contributed by atoms with van der Waals surface area (Å²) in [5.41, 5.74) is 5.67. The number of allylic oxidation sites excluding steroid dienone is 4. The lowest BCUT2D eigenvalue weighted by Crippen LogP contribution is -2.26. The second-order valence-corrected chi connectivity index (χ2v) is 14.3. The molecule has 2 heterocycles. The highest BCUT2D eigenvalue weighted by atomic mass is 32.2. The second-order valence-electron chi connectivity index (χ2n) is 9.93. The lowest BCUT2D eigenvalue weighted by molar-refractivity contribution is 0.0600. The Morgan fingerprint density at radius 1 is 1.05 bits per heavy atom. The van der Waals surface area contributed by atoms with Gasteiger partial charge in [0.25, 0.3) is 10.1 Å². The Kier molecular flexibility index (Phi) is 9.13. The van der Waals surface area contributed by atoms with Gasteiger partial charge in [0, 0.05) is 31.0 Å². The van der Waals surface area contributed by atoms with Gasteiger partial charge >= 0.3 is 5.97 Å². The number of thiazole rings is 1. The highest BCUT2D eigenvalue weighted by Gasteiger charge is 2.17. The lowest BCUT2D eigenvalue weighted by atomic mass is 9.95.